The van der Waals surface area contributed by atoms with Gasteiger partial charge in [-0.25, -0.2) is 4.39 Å². The van der Waals surface area contributed by atoms with E-state index in [0.717, 1.165) is 16.8 Å². The van der Waals surface area contributed by atoms with Gasteiger partial charge in [-0.15, -0.1) is 10.2 Å². The van der Waals surface area contributed by atoms with Crippen LogP contribution in [0.1, 0.15) is 15.9 Å². The quantitative estimate of drug-likeness (QED) is 0.302. The average Bonchev–Trinajstić information content (AvgIpc) is 3.26. The molecule has 34 heavy (non-hydrogen) atoms. The molecule has 2 amide bonds. The Labute approximate surface area is 204 Å². The fourth-order valence-electron chi connectivity index (χ4n) is 3.15. The zero-order chi connectivity index (χ0) is 24.1. The number of benzene rings is 3. The predicted molar refractivity (Wildman–Crippen MR) is 129 cm³/mol. The highest BCUT2D eigenvalue weighted by Gasteiger charge is 2.18. The number of aromatic nitrogens is 3. The molecule has 0 radical (unpaired) electrons. The fraction of sp³-hybridized carbons (Fsp3) is 0.0833. The molecule has 0 saturated heterocycles. The van der Waals surface area contributed by atoms with Crippen LogP contribution in [-0.4, -0.2) is 32.3 Å². The van der Waals surface area contributed by atoms with Gasteiger partial charge in [0.25, 0.3) is 5.91 Å². The van der Waals surface area contributed by atoms with Crippen molar-refractivity contribution in [2.45, 2.75) is 12.1 Å². The molecule has 0 atom stereocenters. The summed E-state index contributed by atoms with van der Waals surface area (Å²) in [5, 5.41) is 9.77. The van der Waals surface area contributed by atoms with E-state index < -0.39 is 17.6 Å². The smallest absolute Gasteiger partial charge is 0.269 e. The van der Waals surface area contributed by atoms with Crippen LogP contribution in [0.3, 0.4) is 0 Å². The summed E-state index contributed by atoms with van der Waals surface area (Å²) in [6.07, 6.45) is 0. The number of nitrogens with one attached hydrogen (secondary N) is 2. The van der Waals surface area contributed by atoms with Crippen molar-refractivity contribution in [2.75, 3.05) is 5.75 Å². The van der Waals surface area contributed by atoms with Gasteiger partial charge >= 0.3 is 0 Å². The van der Waals surface area contributed by atoms with Crippen molar-refractivity contribution in [3.05, 3.63) is 94.8 Å². The van der Waals surface area contributed by atoms with Crippen LogP contribution in [0.5, 0.6) is 0 Å². The fourth-order valence-corrected chi connectivity index (χ4v) is 4.02. The lowest BCUT2D eigenvalue weighted by molar-refractivity contribution is -0.119. The van der Waals surface area contributed by atoms with Crippen molar-refractivity contribution in [3.8, 4) is 17.1 Å². The topological polar surface area (TPSA) is 88.9 Å². The molecule has 2 N–H and O–H groups in total. The number of carbonyl (C=O) groups excluding carboxylic acids is 2. The third-order valence-corrected chi connectivity index (χ3v) is 6.03. The summed E-state index contributed by atoms with van der Waals surface area (Å²) in [6.45, 7) is 1.98. The molecule has 4 aromatic rings. The Hall–Kier alpha value is -3.69. The number of hydrogen-bond donors (Lipinski definition) is 2. The molecule has 0 fully saturated rings. The van der Waals surface area contributed by atoms with Crippen molar-refractivity contribution in [1.29, 1.82) is 0 Å². The Bertz CT molecular complexity index is 1330. The van der Waals surface area contributed by atoms with E-state index in [-0.39, 0.29) is 11.3 Å². The van der Waals surface area contributed by atoms with E-state index in [9.17, 15) is 14.0 Å². The van der Waals surface area contributed by atoms with Crippen LogP contribution in [0.25, 0.3) is 17.1 Å². The second-order valence-electron chi connectivity index (χ2n) is 7.23. The molecule has 10 heteroatoms. The summed E-state index contributed by atoms with van der Waals surface area (Å²) in [6, 6.07) is 20.0. The minimum Gasteiger partial charge on any atom is -0.272 e. The van der Waals surface area contributed by atoms with Crippen LogP contribution >= 0.6 is 23.4 Å². The van der Waals surface area contributed by atoms with E-state index in [1.54, 1.807) is 12.1 Å². The van der Waals surface area contributed by atoms with Gasteiger partial charge in [-0.1, -0.05) is 41.6 Å². The maximum atomic E-state index is 13.0. The van der Waals surface area contributed by atoms with Crippen molar-refractivity contribution in [1.82, 2.24) is 25.6 Å². The monoisotopic (exact) mass is 495 g/mol. The molecule has 1 heterocycles. The Kier molecular flexibility index (Phi) is 7.24. The Morgan fingerprint density at radius 1 is 0.971 bits per heavy atom. The van der Waals surface area contributed by atoms with Gasteiger partial charge in [0.15, 0.2) is 11.0 Å². The zero-order valence-corrected chi connectivity index (χ0v) is 19.5. The Morgan fingerprint density at radius 3 is 2.38 bits per heavy atom. The standard InChI is InChI=1S/C24H19ClFN5O2S/c1-15-4-2-3-5-20(15)31-22(16-6-10-18(25)11-7-16)28-30-24(31)34-14-21(32)27-29-23(33)17-8-12-19(26)13-9-17/h2-13H,14H2,1H3,(H,27,32)(H,29,33). The zero-order valence-electron chi connectivity index (χ0n) is 18.0. The predicted octanol–water partition coefficient (Wildman–Crippen LogP) is 4.59. The van der Waals surface area contributed by atoms with Crippen LogP contribution in [-0.2, 0) is 4.79 Å². The number of para-hydroxylation sites is 1. The van der Waals surface area contributed by atoms with E-state index in [1.165, 1.54) is 36.0 Å². The minimum atomic E-state index is -0.550. The average molecular weight is 496 g/mol. The molecule has 0 spiro atoms. The molecule has 0 unspecified atom stereocenters. The number of hydrogen-bond acceptors (Lipinski definition) is 5. The van der Waals surface area contributed by atoms with E-state index in [0.29, 0.717) is 16.0 Å². The molecule has 3 aromatic carbocycles. The summed E-state index contributed by atoms with van der Waals surface area (Å²) in [5.41, 5.74) is 7.61. The molecule has 4 rings (SSSR count). The highest BCUT2D eigenvalue weighted by molar-refractivity contribution is 7.99. The van der Waals surface area contributed by atoms with Crippen molar-refractivity contribution in [3.63, 3.8) is 0 Å². The van der Waals surface area contributed by atoms with Gasteiger partial charge in [0, 0.05) is 16.1 Å². The number of nitrogens with zero attached hydrogens (tertiary/aromatic N) is 3. The summed E-state index contributed by atoms with van der Waals surface area (Å²) < 4.78 is 14.9. The number of halogens is 2. The molecule has 0 saturated carbocycles. The number of aryl methyl sites for hydroxylation is 1. The third kappa shape index (κ3) is 5.44. The molecule has 1 aromatic heterocycles. The Morgan fingerprint density at radius 2 is 1.68 bits per heavy atom. The second-order valence-corrected chi connectivity index (χ2v) is 8.61. The normalized spacial score (nSPS) is 10.7. The van der Waals surface area contributed by atoms with E-state index in [1.807, 2.05) is 47.9 Å². The maximum absolute atomic E-state index is 13.0. The highest BCUT2D eigenvalue weighted by Crippen LogP contribution is 2.30. The lowest BCUT2D eigenvalue weighted by Gasteiger charge is -2.13. The number of thioether (sulfide) groups is 1. The maximum Gasteiger partial charge on any atom is 0.269 e. The van der Waals surface area contributed by atoms with Crippen LogP contribution in [0, 0.1) is 12.7 Å². The van der Waals surface area contributed by atoms with Crippen molar-refractivity contribution < 1.29 is 14.0 Å². The van der Waals surface area contributed by atoms with Crippen LogP contribution in [0.15, 0.2) is 78.0 Å². The van der Waals surface area contributed by atoms with Gasteiger partial charge in [0.2, 0.25) is 5.91 Å². The molecular weight excluding hydrogens is 477 g/mol. The summed E-state index contributed by atoms with van der Waals surface area (Å²) in [7, 11) is 0. The number of amides is 2. The van der Waals surface area contributed by atoms with E-state index >= 15 is 0 Å². The first-order valence-corrected chi connectivity index (χ1v) is 11.5. The lowest BCUT2D eigenvalue weighted by atomic mass is 10.1. The first-order chi connectivity index (χ1) is 16.4. The highest BCUT2D eigenvalue weighted by atomic mass is 35.5. The Balaban J connectivity index is 1.50. The summed E-state index contributed by atoms with van der Waals surface area (Å²) in [5.74, 6) is -0.848. The van der Waals surface area contributed by atoms with Gasteiger partial charge < -0.3 is 0 Å². The van der Waals surface area contributed by atoms with Crippen LogP contribution in [0.4, 0.5) is 4.39 Å². The van der Waals surface area contributed by atoms with E-state index in [4.69, 9.17) is 11.6 Å². The van der Waals surface area contributed by atoms with Crippen LogP contribution in [0.2, 0.25) is 5.02 Å². The number of hydrazine groups is 1. The van der Waals surface area contributed by atoms with Crippen LogP contribution < -0.4 is 10.9 Å². The molecule has 0 aliphatic carbocycles. The molecule has 0 aliphatic heterocycles. The van der Waals surface area contributed by atoms with Gasteiger partial charge in [0.1, 0.15) is 5.82 Å². The minimum absolute atomic E-state index is 0.0195. The molecular formula is C24H19ClFN5O2S. The van der Waals surface area contributed by atoms with Gasteiger partial charge in [0.05, 0.1) is 11.4 Å². The summed E-state index contributed by atoms with van der Waals surface area (Å²) in [4.78, 5) is 24.5. The first kappa shape index (κ1) is 23.5. The van der Waals surface area contributed by atoms with E-state index in [2.05, 4.69) is 21.0 Å². The number of carbonyl (C=O) groups is 2. The summed E-state index contributed by atoms with van der Waals surface area (Å²) >= 11 is 7.21. The lowest BCUT2D eigenvalue weighted by Crippen LogP contribution is -2.42. The SMILES string of the molecule is Cc1ccccc1-n1c(SCC(=O)NNC(=O)c2ccc(F)cc2)nnc1-c1ccc(Cl)cc1. The van der Waals surface area contributed by atoms with Gasteiger partial charge in [-0.05, 0) is 67.1 Å². The third-order valence-electron chi connectivity index (χ3n) is 4.85. The first-order valence-electron chi connectivity index (χ1n) is 10.2. The largest absolute Gasteiger partial charge is 0.272 e. The molecule has 172 valence electrons. The van der Waals surface area contributed by atoms with Crippen molar-refractivity contribution in [2.24, 2.45) is 0 Å². The van der Waals surface area contributed by atoms with Gasteiger partial charge in [-0.3, -0.25) is 25.0 Å². The number of rotatable bonds is 6. The molecule has 7 nitrogen and oxygen atoms in total. The second kappa shape index (κ2) is 10.5. The molecule has 0 aliphatic rings. The van der Waals surface area contributed by atoms with Crippen molar-refractivity contribution >= 4 is 35.2 Å². The molecule has 0 bridgehead atoms. The van der Waals surface area contributed by atoms with Gasteiger partial charge in [-0.2, -0.15) is 0 Å².